The Bertz CT molecular complexity index is 1150. The third-order valence-corrected chi connectivity index (χ3v) is 5.19. The molecule has 0 saturated carbocycles. The first-order chi connectivity index (χ1) is 14.8. The van der Waals surface area contributed by atoms with Crippen molar-refractivity contribution >= 4 is 34.7 Å². The summed E-state index contributed by atoms with van der Waals surface area (Å²) in [7, 11) is 3.07. The summed E-state index contributed by atoms with van der Waals surface area (Å²) in [6.45, 7) is 0. The molecule has 1 amide bonds. The van der Waals surface area contributed by atoms with Crippen LogP contribution in [0.15, 0.2) is 47.6 Å². The van der Waals surface area contributed by atoms with Crippen LogP contribution in [-0.4, -0.2) is 43.4 Å². The quantitative estimate of drug-likeness (QED) is 0.313. The highest BCUT2D eigenvalue weighted by molar-refractivity contribution is 7.99. The average molecular weight is 444 g/mol. The SMILES string of the molecule is COc1cc([N+](=O)[O-])ccc1NC(=O)CSc1nnc(-c2ccc([N+](=O)[O-])cc2)n1C. The number of thioether (sulfide) groups is 1. The molecule has 0 saturated heterocycles. The van der Waals surface area contributed by atoms with E-state index in [0.717, 1.165) is 11.8 Å². The van der Waals surface area contributed by atoms with Crippen LogP contribution in [0.5, 0.6) is 5.75 Å². The monoisotopic (exact) mass is 444 g/mol. The first-order valence-corrected chi connectivity index (χ1v) is 9.68. The van der Waals surface area contributed by atoms with Crippen LogP contribution in [0.2, 0.25) is 0 Å². The van der Waals surface area contributed by atoms with Crippen molar-refractivity contribution in [1.82, 2.24) is 14.8 Å². The van der Waals surface area contributed by atoms with Gasteiger partial charge in [0.1, 0.15) is 5.75 Å². The molecular formula is C18H16N6O6S. The van der Waals surface area contributed by atoms with Gasteiger partial charge in [-0.15, -0.1) is 10.2 Å². The van der Waals surface area contributed by atoms with Gasteiger partial charge in [-0.2, -0.15) is 0 Å². The van der Waals surface area contributed by atoms with Gasteiger partial charge in [-0.25, -0.2) is 0 Å². The van der Waals surface area contributed by atoms with E-state index < -0.39 is 9.85 Å². The molecule has 0 unspecified atom stereocenters. The molecular weight excluding hydrogens is 428 g/mol. The lowest BCUT2D eigenvalue weighted by Crippen LogP contribution is -2.15. The molecule has 1 aromatic heterocycles. The van der Waals surface area contributed by atoms with E-state index in [4.69, 9.17) is 4.74 Å². The Balaban J connectivity index is 1.66. The topological polar surface area (TPSA) is 155 Å². The van der Waals surface area contributed by atoms with Crippen molar-refractivity contribution < 1.29 is 19.4 Å². The van der Waals surface area contributed by atoms with Gasteiger partial charge in [0, 0.05) is 30.8 Å². The summed E-state index contributed by atoms with van der Waals surface area (Å²) >= 11 is 1.14. The lowest BCUT2D eigenvalue weighted by Gasteiger charge is -2.09. The molecule has 0 aliphatic carbocycles. The predicted molar refractivity (Wildman–Crippen MR) is 112 cm³/mol. The molecule has 0 aliphatic rings. The highest BCUT2D eigenvalue weighted by Gasteiger charge is 2.16. The van der Waals surface area contributed by atoms with E-state index in [1.807, 2.05) is 0 Å². The summed E-state index contributed by atoms with van der Waals surface area (Å²) < 4.78 is 6.77. The highest BCUT2D eigenvalue weighted by Crippen LogP contribution is 2.29. The number of ether oxygens (including phenoxy) is 1. The van der Waals surface area contributed by atoms with Crippen molar-refractivity contribution in [2.75, 3.05) is 18.2 Å². The minimum absolute atomic E-state index is 0.00633. The zero-order valence-corrected chi connectivity index (χ0v) is 17.2. The molecule has 0 atom stereocenters. The Hall–Kier alpha value is -4.00. The second-order valence-electron chi connectivity index (χ2n) is 6.15. The fraction of sp³-hybridized carbons (Fsp3) is 0.167. The molecule has 3 rings (SSSR count). The Morgan fingerprint density at radius 2 is 1.74 bits per heavy atom. The fourth-order valence-electron chi connectivity index (χ4n) is 2.64. The van der Waals surface area contributed by atoms with Gasteiger partial charge in [0.05, 0.1) is 34.5 Å². The molecule has 2 aromatic carbocycles. The lowest BCUT2D eigenvalue weighted by atomic mass is 10.2. The number of nitro groups is 2. The van der Waals surface area contributed by atoms with Crippen LogP contribution >= 0.6 is 11.8 Å². The van der Waals surface area contributed by atoms with Crippen LogP contribution in [0.1, 0.15) is 0 Å². The molecule has 31 heavy (non-hydrogen) atoms. The van der Waals surface area contributed by atoms with Crippen LogP contribution in [0.4, 0.5) is 17.1 Å². The zero-order chi connectivity index (χ0) is 22.5. The summed E-state index contributed by atoms with van der Waals surface area (Å²) in [5.74, 6) is 0.311. The van der Waals surface area contributed by atoms with E-state index in [1.165, 1.54) is 37.4 Å². The van der Waals surface area contributed by atoms with Crippen molar-refractivity contribution in [2.45, 2.75) is 5.16 Å². The number of carbonyl (C=O) groups excluding carboxylic acids is 1. The lowest BCUT2D eigenvalue weighted by molar-refractivity contribution is -0.385. The van der Waals surface area contributed by atoms with Gasteiger partial charge < -0.3 is 14.6 Å². The molecule has 12 nitrogen and oxygen atoms in total. The fourth-order valence-corrected chi connectivity index (χ4v) is 3.35. The molecule has 160 valence electrons. The number of benzene rings is 2. The summed E-state index contributed by atoms with van der Waals surface area (Å²) in [5.41, 5.74) is 0.775. The van der Waals surface area contributed by atoms with Crippen molar-refractivity contribution in [3.8, 4) is 17.1 Å². The number of nitrogens with zero attached hydrogens (tertiary/aromatic N) is 5. The van der Waals surface area contributed by atoms with Crippen LogP contribution in [0.25, 0.3) is 11.4 Å². The molecule has 1 N–H and O–H groups in total. The third kappa shape index (κ3) is 4.95. The molecule has 0 spiro atoms. The Morgan fingerprint density at radius 1 is 1.10 bits per heavy atom. The number of methoxy groups -OCH3 is 1. The number of amides is 1. The number of hydrogen-bond acceptors (Lipinski definition) is 9. The van der Waals surface area contributed by atoms with E-state index in [1.54, 1.807) is 23.7 Å². The maximum atomic E-state index is 12.3. The minimum atomic E-state index is -0.555. The Labute approximate surface area is 179 Å². The largest absolute Gasteiger partial charge is 0.494 e. The Kier molecular flexibility index (Phi) is 6.45. The van der Waals surface area contributed by atoms with Crippen molar-refractivity contribution in [3.05, 3.63) is 62.7 Å². The molecule has 0 radical (unpaired) electrons. The number of anilines is 1. The second kappa shape index (κ2) is 9.21. The standard InChI is InChI=1S/C18H16N6O6S/c1-22-17(11-3-5-12(6-4-11)23(26)27)20-21-18(22)31-10-16(25)19-14-8-7-13(24(28)29)9-15(14)30-2/h3-9H,10H2,1-2H3,(H,19,25). The van der Waals surface area contributed by atoms with Gasteiger partial charge in [0.25, 0.3) is 11.4 Å². The van der Waals surface area contributed by atoms with E-state index in [-0.39, 0.29) is 28.8 Å². The number of rotatable bonds is 8. The summed E-state index contributed by atoms with van der Waals surface area (Å²) in [5, 5.41) is 32.9. The van der Waals surface area contributed by atoms with E-state index in [2.05, 4.69) is 15.5 Å². The van der Waals surface area contributed by atoms with Crippen molar-refractivity contribution in [2.24, 2.45) is 7.05 Å². The van der Waals surface area contributed by atoms with Crippen LogP contribution in [0.3, 0.4) is 0 Å². The Morgan fingerprint density at radius 3 is 2.35 bits per heavy atom. The maximum absolute atomic E-state index is 12.3. The van der Waals surface area contributed by atoms with Gasteiger partial charge in [-0.3, -0.25) is 25.0 Å². The van der Waals surface area contributed by atoms with Crippen molar-refractivity contribution in [1.29, 1.82) is 0 Å². The van der Waals surface area contributed by atoms with Gasteiger partial charge in [0.2, 0.25) is 5.91 Å². The van der Waals surface area contributed by atoms with Crippen LogP contribution < -0.4 is 10.1 Å². The maximum Gasteiger partial charge on any atom is 0.273 e. The number of nitro benzene ring substituents is 2. The normalized spacial score (nSPS) is 10.5. The van der Waals surface area contributed by atoms with Crippen LogP contribution in [-0.2, 0) is 11.8 Å². The van der Waals surface area contributed by atoms with E-state index >= 15 is 0 Å². The van der Waals surface area contributed by atoms with Gasteiger partial charge in [-0.05, 0) is 18.2 Å². The highest BCUT2D eigenvalue weighted by atomic mass is 32.2. The molecule has 0 fully saturated rings. The van der Waals surface area contributed by atoms with E-state index in [9.17, 15) is 25.0 Å². The molecule has 0 bridgehead atoms. The van der Waals surface area contributed by atoms with Gasteiger partial charge in [-0.1, -0.05) is 11.8 Å². The van der Waals surface area contributed by atoms with E-state index in [0.29, 0.717) is 22.2 Å². The summed E-state index contributed by atoms with van der Waals surface area (Å²) in [6, 6.07) is 9.79. The number of non-ortho nitro benzene ring substituents is 2. The third-order valence-electron chi connectivity index (χ3n) is 4.17. The minimum Gasteiger partial charge on any atom is -0.494 e. The number of carbonyl (C=O) groups is 1. The number of aromatic nitrogens is 3. The number of nitrogens with one attached hydrogen (secondary N) is 1. The smallest absolute Gasteiger partial charge is 0.273 e. The second-order valence-corrected chi connectivity index (χ2v) is 7.09. The molecule has 13 heteroatoms. The molecule has 3 aromatic rings. The summed E-state index contributed by atoms with van der Waals surface area (Å²) in [4.78, 5) is 32.9. The average Bonchev–Trinajstić information content (AvgIpc) is 3.12. The molecule has 1 heterocycles. The van der Waals surface area contributed by atoms with Gasteiger partial charge in [0.15, 0.2) is 11.0 Å². The first kappa shape index (κ1) is 21.7. The van der Waals surface area contributed by atoms with Crippen molar-refractivity contribution in [3.63, 3.8) is 0 Å². The molecule has 0 aliphatic heterocycles. The van der Waals surface area contributed by atoms with Gasteiger partial charge >= 0.3 is 0 Å². The van der Waals surface area contributed by atoms with Crippen LogP contribution in [0, 0.1) is 20.2 Å². The number of hydrogen-bond donors (Lipinski definition) is 1. The predicted octanol–water partition coefficient (Wildman–Crippen LogP) is 3.04. The first-order valence-electron chi connectivity index (χ1n) is 8.69. The zero-order valence-electron chi connectivity index (χ0n) is 16.3. The summed E-state index contributed by atoms with van der Waals surface area (Å²) in [6.07, 6.45) is 0.